The average Bonchev–Trinajstić information content (AvgIpc) is 2.83. The van der Waals surface area contributed by atoms with Crippen molar-refractivity contribution in [2.75, 3.05) is 19.6 Å². The van der Waals surface area contributed by atoms with Crippen molar-refractivity contribution in [2.45, 2.75) is 20.3 Å². The highest BCUT2D eigenvalue weighted by Gasteiger charge is 2.22. The van der Waals surface area contributed by atoms with E-state index >= 15 is 0 Å². The van der Waals surface area contributed by atoms with E-state index in [0.717, 1.165) is 5.01 Å². The van der Waals surface area contributed by atoms with Crippen molar-refractivity contribution in [3.63, 3.8) is 0 Å². The van der Waals surface area contributed by atoms with Gasteiger partial charge in [0.1, 0.15) is 5.69 Å². The predicted octanol–water partition coefficient (Wildman–Crippen LogP) is 0.827. The fourth-order valence-corrected chi connectivity index (χ4v) is 2.36. The molecule has 0 aliphatic heterocycles. The number of carboxylic acids is 1. The van der Waals surface area contributed by atoms with Crippen molar-refractivity contribution < 1.29 is 14.7 Å². The maximum absolute atomic E-state index is 12.2. The molecular formula is C12H19N3O3S. The molecule has 0 spiro atoms. The van der Waals surface area contributed by atoms with Crippen molar-refractivity contribution in [1.29, 1.82) is 0 Å². The van der Waals surface area contributed by atoms with Gasteiger partial charge in [0.2, 0.25) is 0 Å². The molecule has 7 heteroatoms. The minimum atomic E-state index is -0.909. The van der Waals surface area contributed by atoms with Crippen LogP contribution < -0.4 is 5.73 Å². The van der Waals surface area contributed by atoms with Gasteiger partial charge in [-0.2, -0.15) is 0 Å². The lowest BCUT2D eigenvalue weighted by molar-refractivity contribution is -0.141. The Morgan fingerprint density at radius 1 is 1.58 bits per heavy atom. The van der Waals surface area contributed by atoms with Crippen molar-refractivity contribution in [3.05, 3.63) is 16.1 Å². The first-order chi connectivity index (χ1) is 8.99. The van der Waals surface area contributed by atoms with Crippen LogP contribution in [0.4, 0.5) is 0 Å². The summed E-state index contributed by atoms with van der Waals surface area (Å²) in [5, 5.41) is 11.4. The van der Waals surface area contributed by atoms with E-state index in [4.69, 9.17) is 10.8 Å². The number of rotatable bonds is 7. The zero-order chi connectivity index (χ0) is 14.4. The summed E-state index contributed by atoms with van der Waals surface area (Å²) in [5.74, 6) is -1.73. The molecule has 1 aromatic heterocycles. The number of aliphatic carboxylic acids is 1. The van der Waals surface area contributed by atoms with Crippen LogP contribution in [0.15, 0.2) is 5.38 Å². The van der Waals surface area contributed by atoms with Gasteiger partial charge in [0.15, 0.2) is 0 Å². The summed E-state index contributed by atoms with van der Waals surface area (Å²) in [6.07, 6.45) is 0.648. The minimum Gasteiger partial charge on any atom is -0.481 e. The Morgan fingerprint density at radius 2 is 2.26 bits per heavy atom. The summed E-state index contributed by atoms with van der Waals surface area (Å²) in [4.78, 5) is 28.8. The van der Waals surface area contributed by atoms with Gasteiger partial charge < -0.3 is 15.7 Å². The van der Waals surface area contributed by atoms with E-state index < -0.39 is 11.9 Å². The average molecular weight is 285 g/mol. The molecule has 1 aromatic rings. The molecule has 1 unspecified atom stereocenters. The molecule has 1 amide bonds. The van der Waals surface area contributed by atoms with E-state index in [0.29, 0.717) is 25.2 Å². The van der Waals surface area contributed by atoms with Gasteiger partial charge >= 0.3 is 5.97 Å². The largest absolute Gasteiger partial charge is 0.481 e. The molecule has 1 heterocycles. The number of nitrogens with two attached hydrogens (primary N) is 1. The molecule has 0 aliphatic rings. The Kier molecular flexibility index (Phi) is 5.91. The Bertz CT molecular complexity index is 447. The van der Waals surface area contributed by atoms with Crippen LogP contribution in [0.1, 0.15) is 29.3 Å². The Balaban J connectivity index is 2.74. The second-order valence-electron chi connectivity index (χ2n) is 4.25. The van der Waals surface area contributed by atoms with Crippen LogP contribution in [-0.4, -0.2) is 46.5 Å². The zero-order valence-corrected chi connectivity index (χ0v) is 11.9. The Morgan fingerprint density at radius 3 is 2.79 bits per heavy atom. The van der Waals surface area contributed by atoms with Gasteiger partial charge in [-0.3, -0.25) is 9.59 Å². The molecule has 3 N–H and O–H groups in total. The molecule has 0 radical (unpaired) electrons. The minimum absolute atomic E-state index is 0.189. The second-order valence-corrected chi connectivity index (χ2v) is 5.19. The number of hydrogen-bond acceptors (Lipinski definition) is 5. The highest BCUT2D eigenvalue weighted by atomic mass is 32.1. The second kappa shape index (κ2) is 7.20. The standard InChI is InChI=1S/C12H19N3O3S/c1-3-15(6-8(2)12(17)18)11(16)9-7-19-10(14-9)4-5-13/h7-8H,3-6,13H2,1-2H3,(H,17,18). The van der Waals surface area contributed by atoms with E-state index in [2.05, 4.69) is 4.98 Å². The Labute approximate surface area is 116 Å². The van der Waals surface area contributed by atoms with Crippen LogP contribution in [0.5, 0.6) is 0 Å². The number of aromatic nitrogens is 1. The van der Waals surface area contributed by atoms with Crippen LogP contribution in [-0.2, 0) is 11.2 Å². The third-order valence-electron chi connectivity index (χ3n) is 2.71. The number of carbonyl (C=O) groups excluding carboxylic acids is 1. The first-order valence-electron chi connectivity index (χ1n) is 6.16. The molecule has 0 bridgehead atoms. The monoisotopic (exact) mass is 285 g/mol. The van der Waals surface area contributed by atoms with Gasteiger partial charge in [-0.25, -0.2) is 4.98 Å². The van der Waals surface area contributed by atoms with Gasteiger partial charge in [0.25, 0.3) is 5.91 Å². The van der Waals surface area contributed by atoms with Crippen LogP contribution in [0.2, 0.25) is 0 Å². The van der Waals surface area contributed by atoms with Gasteiger partial charge in [0, 0.05) is 24.9 Å². The lowest BCUT2D eigenvalue weighted by atomic mass is 10.1. The highest BCUT2D eigenvalue weighted by Crippen LogP contribution is 2.13. The molecule has 1 atom stereocenters. The summed E-state index contributed by atoms with van der Waals surface area (Å²) in [5.41, 5.74) is 5.81. The maximum atomic E-state index is 12.2. The number of nitrogens with zero attached hydrogens (tertiary/aromatic N) is 2. The molecule has 19 heavy (non-hydrogen) atoms. The van der Waals surface area contributed by atoms with Crippen LogP contribution in [0.3, 0.4) is 0 Å². The molecule has 1 rings (SSSR count). The quantitative estimate of drug-likeness (QED) is 0.773. The third kappa shape index (κ3) is 4.29. The van der Waals surface area contributed by atoms with Crippen LogP contribution in [0.25, 0.3) is 0 Å². The fraction of sp³-hybridized carbons (Fsp3) is 0.583. The normalized spacial score (nSPS) is 12.2. The summed E-state index contributed by atoms with van der Waals surface area (Å²) >= 11 is 1.40. The molecule has 0 aromatic carbocycles. The lowest BCUT2D eigenvalue weighted by Gasteiger charge is -2.21. The first-order valence-corrected chi connectivity index (χ1v) is 7.04. The summed E-state index contributed by atoms with van der Waals surface area (Å²) in [6.45, 7) is 4.54. The number of hydrogen-bond donors (Lipinski definition) is 2. The first kappa shape index (κ1) is 15.6. The van der Waals surface area contributed by atoms with Gasteiger partial charge in [-0.1, -0.05) is 6.92 Å². The van der Waals surface area contributed by atoms with Crippen LogP contribution in [0, 0.1) is 5.92 Å². The molecule has 0 saturated heterocycles. The number of amides is 1. The molecule has 6 nitrogen and oxygen atoms in total. The van der Waals surface area contributed by atoms with E-state index in [-0.39, 0.29) is 12.5 Å². The summed E-state index contributed by atoms with van der Waals surface area (Å²) < 4.78 is 0. The smallest absolute Gasteiger partial charge is 0.308 e. The van der Waals surface area contributed by atoms with E-state index in [1.807, 2.05) is 6.92 Å². The molecule has 0 fully saturated rings. The zero-order valence-electron chi connectivity index (χ0n) is 11.1. The molecular weight excluding hydrogens is 266 g/mol. The van der Waals surface area contributed by atoms with Gasteiger partial charge in [0.05, 0.1) is 10.9 Å². The number of carboxylic acid groups (broad SMARTS) is 1. The number of thiazole rings is 1. The SMILES string of the molecule is CCN(CC(C)C(=O)O)C(=O)c1csc(CCN)n1. The van der Waals surface area contributed by atoms with Crippen LogP contribution >= 0.6 is 11.3 Å². The molecule has 0 aliphatic carbocycles. The highest BCUT2D eigenvalue weighted by molar-refractivity contribution is 7.09. The van der Waals surface area contributed by atoms with Gasteiger partial charge in [-0.15, -0.1) is 11.3 Å². The summed E-state index contributed by atoms with van der Waals surface area (Å²) in [7, 11) is 0. The molecule has 0 saturated carbocycles. The van der Waals surface area contributed by atoms with Gasteiger partial charge in [-0.05, 0) is 13.5 Å². The van der Waals surface area contributed by atoms with Crippen molar-refractivity contribution in [1.82, 2.24) is 9.88 Å². The van der Waals surface area contributed by atoms with E-state index in [9.17, 15) is 9.59 Å². The van der Waals surface area contributed by atoms with Crippen molar-refractivity contribution >= 4 is 23.2 Å². The van der Waals surface area contributed by atoms with Crippen molar-refractivity contribution in [3.8, 4) is 0 Å². The predicted molar refractivity (Wildman–Crippen MR) is 73.2 cm³/mol. The maximum Gasteiger partial charge on any atom is 0.308 e. The fourth-order valence-electron chi connectivity index (χ4n) is 1.57. The topological polar surface area (TPSA) is 96.5 Å². The van der Waals surface area contributed by atoms with E-state index in [1.165, 1.54) is 16.2 Å². The lowest BCUT2D eigenvalue weighted by Crippen LogP contribution is -2.37. The number of carbonyl (C=O) groups is 2. The Hall–Kier alpha value is -1.47. The third-order valence-corrected chi connectivity index (χ3v) is 3.62. The summed E-state index contributed by atoms with van der Waals surface area (Å²) in [6, 6.07) is 0. The van der Waals surface area contributed by atoms with E-state index in [1.54, 1.807) is 12.3 Å². The molecule has 106 valence electrons. The van der Waals surface area contributed by atoms with Crippen molar-refractivity contribution in [2.24, 2.45) is 11.7 Å².